The number of hydrogen-bond acceptors (Lipinski definition) is 5. The third-order valence-electron chi connectivity index (χ3n) is 2.61. The lowest BCUT2D eigenvalue weighted by Gasteiger charge is -2.13. The quantitative estimate of drug-likeness (QED) is 0.568. The molecule has 0 spiro atoms. The SMILES string of the molecule is C=C1C=CC(=O)C=C1Oc1cccc(OCCOC=O)c1. The van der Waals surface area contributed by atoms with Crippen LogP contribution in [-0.2, 0) is 14.3 Å². The Balaban J connectivity index is 1.99. The maximum absolute atomic E-state index is 11.3. The van der Waals surface area contributed by atoms with E-state index in [-0.39, 0.29) is 19.0 Å². The third kappa shape index (κ3) is 4.35. The molecular weight excluding hydrogens is 272 g/mol. The van der Waals surface area contributed by atoms with E-state index in [2.05, 4.69) is 11.3 Å². The zero-order valence-electron chi connectivity index (χ0n) is 11.3. The van der Waals surface area contributed by atoms with E-state index in [1.165, 1.54) is 12.2 Å². The molecule has 0 saturated carbocycles. The number of benzene rings is 1. The Morgan fingerprint density at radius 2 is 1.95 bits per heavy atom. The molecule has 1 aromatic carbocycles. The van der Waals surface area contributed by atoms with Crippen molar-refractivity contribution in [2.24, 2.45) is 0 Å². The first-order valence-electron chi connectivity index (χ1n) is 6.28. The fraction of sp³-hybridized carbons (Fsp3) is 0.125. The predicted octanol–water partition coefficient (Wildman–Crippen LogP) is 2.20. The highest BCUT2D eigenvalue weighted by Gasteiger charge is 2.11. The Bertz CT molecular complexity index is 613. The van der Waals surface area contributed by atoms with Gasteiger partial charge in [0.2, 0.25) is 0 Å². The molecule has 0 aromatic heterocycles. The van der Waals surface area contributed by atoms with Crippen LogP contribution in [0.4, 0.5) is 0 Å². The van der Waals surface area contributed by atoms with Crippen molar-refractivity contribution in [1.82, 2.24) is 0 Å². The van der Waals surface area contributed by atoms with E-state index < -0.39 is 0 Å². The van der Waals surface area contributed by atoms with Crippen LogP contribution in [-0.4, -0.2) is 25.5 Å². The Labute approximate surface area is 122 Å². The van der Waals surface area contributed by atoms with Crippen LogP contribution in [0.2, 0.25) is 0 Å². The van der Waals surface area contributed by atoms with Crippen LogP contribution in [0.25, 0.3) is 0 Å². The summed E-state index contributed by atoms with van der Waals surface area (Å²) < 4.78 is 15.6. The van der Waals surface area contributed by atoms with E-state index in [4.69, 9.17) is 9.47 Å². The van der Waals surface area contributed by atoms with Gasteiger partial charge < -0.3 is 14.2 Å². The number of carbonyl (C=O) groups is 2. The largest absolute Gasteiger partial charge is 0.490 e. The van der Waals surface area contributed by atoms with Crippen LogP contribution < -0.4 is 9.47 Å². The van der Waals surface area contributed by atoms with Gasteiger partial charge >= 0.3 is 0 Å². The molecule has 0 N–H and O–H groups in total. The minimum Gasteiger partial charge on any atom is -0.490 e. The molecule has 21 heavy (non-hydrogen) atoms. The molecule has 0 atom stereocenters. The number of ether oxygens (including phenoxy) is 3. The van der Waals surface area contributed by atoms with Crippen LogP contribution in [0.15, 0.2) is 60.4 Å². The molecule has 108 valence electrons. The summed E-state index contributed by atoms with van der Waals surface area (Å²) >= 11 is 0. The van der Waals surface area contributed by atoms with Crippen LogP contribution in [0.5, 0.6) is 11.5 Å². The summed E-state index contributed by atoms with van der Waals surface area (Å²) in [6, 6.07) is 6.93. The smallest absolute Gasteiger partial charge is 0.293 e. The number of allylic oxidation sites excluding steroid dienone is 3. The van der Waals surface area contributed by atoms with Crippen molar-refractivity contribution in [2.75, 3.05) is 13.2 Å². The third-order valence-corrected chi connectivity index (χ3v) is 2.61. The first kappa shape index (κ1) is 14.6. The fourth-order valence-electron chi connectivity index (χ4n) is 1.64. The minimum atomic E-state index is -0.143. The molecule has 5 heteroatoms. The summed E-state index contributed by atoms with van der Waals surface area (Å²) in [6.07, 6.45) is 4.42. The molecule has 0 amide bonds. The van der Waals surface area contributed by atoms with Gasteiger partial charge in [0.05, 0.1) is 0 Å². The highest BCUT2D eigenvalue weighted by Crippen LogP contribution is 2.24. The number of carbonyl (C=O) groups excluding carboxylic acids is 2. The molecule has 0 fully saturated rings. The molecule has 0 bridgehead atoms. The molecule has 2 rings (SSSR count). The van der Waals surface area contributed by atoms with Crippen molar-refractivity contribution in [3.05, 3.63) is 60.4 Å². The lowest BCUT2D eigenvalue weighted by molar-refractivity contribution is -0.129. The Hall–Kier alpha value is -2.82. The maximum Gasteiger partial charge on any atom is 0.293 e. The maximum atomic E-state index is 11.3. The van der Waals surface area contributed by atoms with E-state index in [1.807, 2.05) is 0 Å². The van der Waals surface area contributed by atoms with E-state index in [0.717, 1.165) is 0 Å². The summed E-state index contributed by atoms with van der Waals surface area (Å²) in [5.74, 6) is 1.37. The molecular formula is C16H14O5. The van der Waals surface area contributed by atoms with Crippen LogP contribution in [0, 0.1) is 0 Å². The summed E-state index contributed by atoms with van der Waals surface area (Å²) in [6.45, 7) is 4.60. The standard InChI is InChI=1S/C16H14O5/c1-12-5-6-13(18)9-16(12)21-15-4-2-3-14(10-15)20-8-7-19-11-17/h2-6,9-11H,1,7-8H2. The van der Waals surface area contributed by atoms with Gasteiger partial charge in [-0.3, -0.25) is 9.59 Å². The summed E-state index contributed by atoms with van der Waals surface area (Å²) in [7, 11) is 0. The molecule has 0 radical (unpaired) electrons. The van der Waals surface area contributed by atoms with Crippen molar-refractivity contribution >= 4 is 12.3 Å². The average molecular weight is 286 g/mol. The van der Waals surface area contributed by atoms with E-state index in [1.54, 1.807) is 30.3 Å². The minimum absolute atomic E-state index is 0.143. The fourth-order valence-corrected chi connectivity index (χ4v) is 1.64. The zero-order valence-corrected chi connectivity index (χ0v) is 11.3. The second-order valence-electron chi connectivity index (χ2n) is 4.16. The van der Waals surface area contributed by atoms with Gasteiger partial charge in [-0.05, 0) is 24.3 Å². The molecule has 1 aliphatic rings. The van der Waals surface area contributed by atoms with Crippen LogP contribution in [0.3, 0.4) is 0 Å². The van der Waals surface area contributed by atoms with E-state index in [9.17, 15) is 9.59 Å². The summed E-state index contributed by atoms with van der Waals surface area (Å²) in [5, 5.41) is 0. The van der Waals surface area contributed by atoms with Gasteiger partial charge in [0, 0.05) is 17.7 Å². The van der Waals surface area contributed by atoms with Gasteiger partial charge in [-0.15, -0.1) is 0 Å². The zero-order chi connectivity index (χ0) is 15.1. The Morgan fingerprint density at radius 1 is 1.14 bits per heavy atom. The molecule has 0 unspecified atom stereocenters. The lowest BCUT2D eigenvalue weighted by atomic mass is 10.1. The van der Waals surface area contributed by atoms with Crippen molar-refractivity contribution in [3.63, 3.8) is 0 Å². The first-order chi connectivity index (χ1) is 10.2. The molecule has 0 heterocycles. The lowest BCUT2D eigenvalue weighted by Crippen LogP contribution is -2.06. The molecule has 5 nitrogen and oxygen atoms in total. The second kappa shape index (κ2) is 7.09. The first-order valence-corrected chi connectivity index (χ1v) is 6.28. The van der Waals surface area contributed by atoms with Crippen LogP contribution >= 0.6 is 0 Å². The predicted molar refractivity (Wildman–Crippen MR) is 76.0 cm³/mol. The molecule has 0 saturated heterocycles. The Kier molecular flexibility index (Phi) is 4.93. The van der Waals surface area contributed by atoms with Gasteiger partial charge in [0.25, 0.3) is 6.47 Å². The van der Waals surface area contributed by atoms with Gasteiger partial charge in [-0.2, -0.15) is 0 Å². The number of rotatable bonds is 7. The van der Waals surface area contributed by atoms with Gasteiger partial charge in [0.15, 0.2) is 5.78 Å². The van der Waals surface area contributed by atoms with Crippen LogP contribution in [0.1, 0.15) is 0 Å². The van der Waals surface area contributed by atoms with Gasteiger partial charge in [-0.25, -0.2) is 0 Å². The molecule has 1 aliphatic carbocycles. The van der Waals surface area contributed by atoms with Crippen molar-refractivity contribution in [1.29, 1.82) is 0 Å². The summed E-state index contributed by atoms with van der Waals surface area (Å²) in [5.41, 5.74) is 0.625. The van der Waals surface area contributed by atoms with E-state index >= 15 is 0 Å². The highest BCUT2D eigenvalue weighted by atomic mass is 16.5. The highest BCUT2D eigenvalue weighted by molar-refractivity contribution is 6.02. The number of hydrogen-bond donors (Lipinski definition) is 0. The van der Waals surface area contributed by atoms with E-state index in [0.29, 0.717) is 29.3 Å². The molecule has 1 aromatic rings. The monoisotopic (exact) mass is 286 g/mol. The Morgan fingerprint density at radius 3 is 2.76 bits per heavy atom. The van der Waals surface area contributed by atoms with Crippen molar-refractivity contribution in [3.8, 4) is 11.5 Å². The topological polar surface area (TPSA) is 61.8 Å². The molecule has 0 aliphatic heterocycles. The number of ketones is 1. The van der Waals surface area contributed by atoms with Gasteiger partial charge in [-0.1, -0.05) is 12.6 Å². The average Bonchev–Trinajstić information content (AvgIpc) is 2.48. The van der Waals surface area contributed by atoms with Crippen molar-refractivity contribution in [2.45, 2.75) is 0 Å². The summed E-state index contributed by atoms with van der Waals surface area (Å²) in [4.78, 5) is 21.3. The van der Waals surface area contributed by atoms with Crippen molar-refractivity contribution < 1.29 is 23.8 Å². The second-order valence-corrected chi connectivity index (χ2v) is 4.16. The normalized spacial score (nSPS) is 13.6. The van der Waals surface area contributed by atoms with Gasteiger partial charge in [0.1, 0.15) is 30.5 Å².